The van der Waals surface area contributed by atoms with Crippen molar-refractivity contribution in [3.63, 3.8) is 0 Å². The molecule has 68 valence electrons. The van der Waals surface area contributed by atoms with E-state index in [9.17, 15) is 8.42 Å². The zero-order valence-electron chi connectivity index (χ0n) is 8.52. The van der Waals surface area contributed by atoms with Crippen molar-refractivity contribution in [2.24, 2.45) is 5.14 Å². The van der Waals surface area contributed by atoms with E-state index in [1.165, 1.54) is 17.8 Å². The molecule has 0 heterocycles. The average Bonchev–Trinajstić information content (AvgIpc) is 2.03. The van der Waals surface area contributed by atoms with Crippen LogP contribution in [0.1, 0.15) is 1.43 Å². The van der Waals surface area contributed by atoms with Crippen LogP contribution in [0.25, 0.3) is 0 Å². The van der Waals surface area contributed by atoms with Crippen LogP contribution in [0.2, 0.25) is 0 Å². The summed E-state index contributed by atoms with van der Waals surface area (Å²) in [5.74, 6) is 0. The van der Waals surface area contributed by atoms with Gasteiger partial charge in [0.15, 0.2) is 0 Å². The fourth-order valence-corrected chi connectivity index (χ4v) is 2.55. The van der Waals surface area contributed by atoms with Crippen molar-refractivity contribution in [3.8, 4) is 0 Å². The number of thioether (sulfide) groups is 1. The van der Waals surface area contributed by atoms with Crippen molar-refractivity contribution < 1.29 is 61.2 Å². The average molecular weight is 243 g/mol. The fourth-order valence-electron chi connectivity index (χ4n) is 0.854. The summed E-state index contributed by atoms with van der Waals surface area (Å²) in [5.41, 5.74) is 0. The molecule has 1 rings (SSSR count). The Morgan fingerprint density at radius 3 is 2.31 bits per heavy atom. The third-order valence-corrected chi connectivity index (χ3v) is 3.27. The van der Waals surface area contributed by atoms with Crippen molar-refractivity contribution in [2.75, 3.05) is 6.26 Å². The third kappa shape index (κ3) is 4.01. The van der Waals surface area contributed by atoms with E-state index in [4.69, 9.17) is 5.14 Å². The largest absolute Gasteiger partial charge is 1.00 e. The van der Waals surface area contributed by atoms with Crippen molar-refractivity contribution in [3.05, 3.63) is 24.3 Å². The number of hydrogen-bond acceptors (Lipinski definition) is 3. The summed E-state index contributed by atoms with van der Waals surface area (Å²) in [6, 6.07) is 6.66. The molecular weight excluding hydrogens is 233 g/mol. The summed E-state index contributed by atoms with van der Waals surface area (Å²) in [6.45, 7) is 0. The number of hydrogen-bond donors (Lipinski definition) is 1. The Morgan fingerprint density at radius 1 is 1.38 bits per heavy atom. The minimum atomic E-state index is -3.57. The van der Waals surface area contributed by atoms with E-state index < -0.39 is 10.0 Å². The number of nitrogens with two attached hydrogens (primary N) is 1. The Labute approximate surface area is 126 Å². The minimum Gasteiger partial charge on any atom is -1.00 e. The second kappa shape index (κ2) is 5.87. The van der Waals surface area contributed by atoms with Crippen LogP contribution in [0, 0.1) is 0 Å². The van der Waals surface area contributed by atoms with Crippen LogP contribution in [0.15, 0.2) is 34.1 Å². The first-order valence-corrected chi connectivity index (χ1v) is 5.98. The van der Waals surface area contributed by atoms with E-state index in [1.807, 2.05) is 6.26 Å². The molecule has 13 heavy (non-hydrogen) atoms. The molecule has 0 unspecified atom stereocenters. The standard InChI is InChI=1S/C7H9NO2S2.K.H/c1-11-6-4-2-3-5-7(6)12(8,9)10;;/h2-5H,1H3,(H2,8,9,10);;/q;+1;-1. The smallest absolute Gasteiger partial charge is 1.00 e. The SMILES string of the molecule is CSc1ccccc1S(N)(=O)=O.[H-].[K+]. The van der Waals surface area contributed by atoms with Gasteiger partial charge in [-0.1, -0.05) is 12.1 Å². The van der Waals surface area contributed by atoms with Gasteiger partial charge < -0.3 is 1.43 Å². The van der Waals surface area contributed by atoms with Gasteiger partial charge in [0, 0.05) is 4.90 Å². The number of primary sulfonamides is 1. The maximum Gasteiger partial charge on any atom is 1.00 e. The molecule has 1 aromatic carbocycles. The normalized spacial score (nSPS) is 10.6. The van der Waals surface area contributed by atoms with Gasteiger partial charge in [0.1, 0.15) is 0 Å². The summed E-state index contributed by atoms with van der Waals surface area (Å²) in [6.07, 6.45) is 1.81. The molecule has 0 aromatic heterocycles. The van der Waals surface area contributed by atoms with Crippen LogP contribution < -0.4 is 56.5 Å². The topological polar surface area (TPSA) is 60.2 Å². The maximum absolute atomic E-state index is 11.0. The summed E-state index contributed by atoms with van der Waals surface area (Å²) >= 11 is 1.36. The van der Waals surface area contributed by atoms with Gasteiger partial charge in [0.25, 0.3) is 0 Å². The van der Waals surface area contributed by atoms with Gasteiger partial charge in [-0.15, -0.1) is 11.8 Å². The molecule has 0 saturated heterocycles. The van der Waals surface area contributed by atoms with E-state index in [2.05, 4.69) is 0 Å². The van der Waals surface area contributed by atoms with Gasteiger partial charge in [0.05, 0.1) is 4.90 Å². The molecule has 0 bridgehead atoms. The maximum atomic E-state index is 11.0. The molecular formula is C7H10KNO2S2. The van der Waals surface area contributed by atoms with E-state index in [0.717, 1.165) is 0 Å². The van der Waals surface area contributed by atoms with Crippen LogP contribution >= 0.6 is 11.8 Å². The van der Waals surface area contributed by atoms with Gasteiger partial charge in [-0.25, -0.2) is 13.6 Å². The van der Waals surface area contributed by atoms with Crippen LogP contribution in [-0.2, 0) is 10.0 Å². The summed E-state index contributed by atoms with van der Waals surface area (Å²) in [5, 5.41) is 4.99. The number of sulfonamides is 1. The predicted octanol–water partition coefficient (Wildman–Crippen LogP) is -1.83. The Balaban J connectivity index is 0. The van der Waals surface area contributed by atoms with E-state index in [1.54, 1.807) is 18.2 Å². The Bertz CT molecular complexity index is 383. The second-order valence-electron chi connectivity index (χ2n) is 2.20. The summed E-state index contributed by atoms with van der Waals surface area (Å²) < 4.78 is 22.0. The first kappa shape index (κ1) is 14.1. The van der Waals surface area contributed by atoms with E-state index in [0.29, 0.717) is 4.90 Å². The molecule has 0 amide bonds. The van der Waals surface area contributed by atoms with Gasteiger partial charge >= 0.3 is 51.4 Å². The van der Waals surface area contributed by atoms with Crippen LogP contribution in [0.4, 0.5) is 0 Å². The molecule has 0 atom stereocenters. The van der Waals surface area contributed by atoms with Crippen molar-refractivity contribution in [2.45, 2.75) is 9.79 Å². The molecule has 1 aromatic rings. The number of rotatable bonds is 2. The molecule has 3 nitrogen and oxygen atoms in total. The van der Waals surface area contributed by atoms with Gasteiger partial charge in [-0.2, -0.15) is 0 Å². The molecule has 0 spiro atoms. The van der Waals surface area contributed by atoms with Crippen molar-refractivity contribution in [1.29, 1.82) is 0 Å². The molecule has 0 fully saturated rings. The molecule has 0 aliphatic heterocycles. The molecule has 0 saturated carbocycles. The monoisotopic (exact) mass is 243 g/mol. The fraction of sp³-hybridized carbons (Fsp3) is 0.143. The van der Waals surface area contributed by atoms with Gasteiger partial charge in [-0.3, -0.25) is 0 Å². The van der Waals surface area contributed by atoms with Crippen LogP contribution in [-0.4, -0.2) is 14.7 Å². The zero-order valence-corrected chi connectivity index (χ0v) is 12.3. The van der Waals surface area contributed by atoms with Gasteiger partial charge in [0.2, 0.25) is 10.0 Å². The Morgan fingerprint density at radius 2 is 1.92 bits per heavy atom. The van der Waals surface area contributed by atoms with E-state index in [-0.39, 0.29) is 57.7 Å². The minimum absolute atomic E-state index is 0. The zero-order chi connectivity index (χ0) is 9.19. The predicted molar refractivity (Wildman–Crippen MR) is 50.7 cm³/mol. The second-order valence-corrected chi connectivity index (χ2v) is 4.57. The van der Waals surface area contributed by atoms with Crippen LogP contribution in [0.3, 0.4) is 0 Å². The van der Waals surface area contributed by atoms with Crippen LogP contribution in [0.5, 0.6) is 0 Å². The molecule has 0 radical (unpaired) electrons. The van der Waals surface area contributed by atoms with Gasteiger partial charge in [-0.05, 0) is 18.4 Å². The third-order valence-electron chi connectivity index (χ3n) is 1.38. The Kier molecular flexibility index (Phi) is 6.37. The van der Waals surface area contributed by atoms with Crippen molar-refractivity contribution >= 4 is 21.8 Å². The molecule has 6 heteroatoms. The van der Waals surface area contributed by atoms with Crippen molar-refractivity contribution in [1.82, 2.24) is 0 Å². The quantitative estimate of drug-likeness (QED) is 0.491. The molecule has 2 N–H and O–H groups in total. The molecule has 0 aliphatic carbocycles. The molecule has 0 aliphatic rings. The first-order valence-electron chi connectivity index (χ1n) is 3.21. The summed E-state index contributed by atoms with van der Waals surface area (Å²) in [4.78, 5) is 0.873. The van der Waals surface area contributed by atoms with E-state index >= 15 is 0 Å². The first-order chi connectivity index (χ1) is 5.55. The summed E-state index contributed by atoms with van der Waals surface area (Å²) in [7, 11) is -3.57. The number of benzene rings is 1. The Hall–Kier alpha value is 1.12.